The van der Waals surface area contributed by atoms with Gasteiger partial charge in [-0.15, -0.1) is 0 Å². The average molecular weight is 384 g/mol. The van der Waals surface area contributed by atoms with Crippen LogP contribution in [0.25, 0.3) is 5.70 Å². The molecule has 0 heterocycles. The molecular weight excluding hydrogens is 359 g/mol. The van der Waals surface area contributed by atoms with Crippen LogP contribution in [0.15, 0.2) is 96.2 Å². The van der Waals surface area contributed by atoms with Crippen molar-refractivity contribution in [2.24, 2.45) is 5.73 Å². The summed E-state index contributed by atoms with van der Waals surface area (Å²) in [6.07, 6.45) is 2.01. The molecule has 0 saturated carbocycles. The van der Waals surface area contributed by atoms with E-state index in [2.05, 4.69) is 49.9 Å². The second-order valence-electron chi connectivity index (χ2n) is 7.93. The predicted molar refractivity (Wildman–Crippen MR) is 119 cm³/mol. The third-order valence-corrected chi connectivity index (χ3v) is 5.85. The Morgan fingerprint density at radius 3 is 1.93 bits per heavy atom. The summed E-state index contributed by atoms with van der Waals surface area (Å²) in [6.45, 7) is 6.36. The number of rotatable bonds is 3. The van der Waals surface area contributed by atoms with Gasteiger partial charge in [0.25, 0.3) is 0 Å². The van der Waals surface area contributed by atoms with Crippen molar-refractivity contribution in [3.05, 3.63) is 113 Å². The quantitative estimate of drug-likeness (QED) is 0.556. The molecule has 2 nitrogen and oxygen atoms in total. The van der Waals surface area contributed by atoms with Gasteiger partial charge in [-0.2, -0.15) is 0 Å². The summed E-state index contributed by atoms with van der Waals surface area (Å²) in [6, 6.07) is 25.3. The van der Waals surface area contributed by atoms with Crippen molar-refractivity contribution < 1.29 is 4.39 Å². The van der Waals surface area contributed by atoms with E-state index in [4.69, 9.17) is 5.73 Å². The van der Waals surface area contributed by atoms with Gasteiger partial charge < -0.3 is 10.6 Å². The second-order valence-corrected chi connectivity index (χ2v) is 7.93. The van der Waals surface area contributed by atoms with Gasteiger partial charge in [0.05, 0.1) is 0 Å². The van der Waals surface area contributed by atoms with Crippen LogP contribution in [-0.4, -0.2) is 0 Å². The lowest BCUT2D eigenvalue weighted by molar-refractivity contribution is 0.590. The van der Waals surface area contributed by atoms with Crippen molar-refractivity contribution in [1.82, 2.24) is 0 Å². The molecule has 1 aliphatic rings. The van der Waals surface area contributed by atoms with Crippen LogP contribution in [0.4, 0.5) is 15.8 Å². The minimum Gasteiger partial charge on any atom is -0.398 e. The number of hydrogen-bond donors (Lipinski definition) is 1. The van der Waals surface area contributed by atoms with Crippen LogP contribution >= 0.6 is 0 Å². The Hall–Kier alpha value is -3.33. The predicted octanol–water partition coefficient (Wildman–Crippen LogP) is 6.53. The van der Waals surface area contributed by atoms with Crippen molar-refractivity contribution >= 4 is 17.1 Å². The van der Waals surface area contributed by atoms with Crippen molar-refractivity contribution in [1.29, 1.82) is 0 Å². The summed E-state index contributed by atoms with van der Waals surface area (Å²) < 4.78 is 14.1. The fraction of sp³-hybridized carbons (Fsp3) is 0.154. The van der Waals surface area contributed by atoms with E-state index in [-0.39, 0.29) is 5.82 Å². The topological polar surface area (TPSA) is 29.3 Å². The highest BCUT2D eigenvalue weighted by molar-refractivity contribution is 5.79. The molecule has 2 N–H and O–H groups in total. The third kappa shape index (κ3) is 3.33. The maximum atomic E-state index is 14.1. The molecule has 3 aromatic rings. The Balaban J connectivity index is 2.00. The fourth-order valence-electron chi connectivity index (χ4n) is 3.95. The van der Waals surface area contributed by atoms with Gasteiger partial charge in [-0.25, -0.2) is 4.39 Å². The Morgan fingerprint density at radius 2 is 1.38 bits per heavy atom. The first-order valence-corrected chi connectivity index (χ1v) is 9.79. The zero-order chi connectivity index (χ0) is 20.6. The molecule has 0 spiro atoms. The molecule has 0 bridgehead atoms. The van der Waals surface area contributed by atoms with E-state index in [9.17, 15) is 4.39 Å². The summed E-state index contributed by atoms with van der Waals surface area (Å²) in [5.74, 6) is -0.246. The molecule has 3 heteroatoms. The molecule has 0 saturated heterocycles. The molecule has 0 atom stereocenters. The summed E-state index contributed by atoms with van der Waals surface area (Å²) in [5, 5.41) is 0. The number of fused-ring (bicyclic) bond motifs is 1. The lowest BCUT2D eigenvalue weighted by atomic mass is 9.76. The number of anilines is 2. The molecule has 0 unspecified atom stereocenters. The van der Waals surface area contributed by atoms with Crippen molar-refractivity contribution in [3.8, 4) is 0 Å². The SMILES string of the molecule is CC1=C(N(c2ccccc2)c2ccccc2)C=C(N)c2ccc(F)cc2C1(C)C. The van der Waals surface area contributed by atoms with Crippen LogP contribution < -0.4 is 10.6 Å². The van der Waals surface area contributed by atoms with Gasteiger partial charge in [-0.05, 0) is 66.6 Å². The minimum absolute atomic E-state index is 0.246. The number of hydrogen-bond acceptors (Lipinski definition) is 2. The average Bonchev–Trinajstić information content (AvgIpc) is 2.80. The molecule has 0 fully saturated rings. The smallest absolute Gasteiger partial charge is 0.123 e. The summed E-state index contributed by atoms with van der Waals surface area (Å²) in [5.41, 5.74) is 12.8. The molecule has 1 aliphatic carbocycles. The number of benzene rings is 3. The number of para-hydroxylation sites is 2. The minimum atomic E-state index is -0.397. The van der Waals surface area contributed by atoms with Gasteiger partial charge in [0.2, 0.25) is 0 Å². The van der Waals surface area contributed by atoms with Crippen LogP contribution in [0.5, 0.6) is 0 Å². The number of nitrogens with zero attached hydrogens (tertiary/aromatic N) is 1. The number of nitrogens with two attached hydrogens (primary N) is 1. The van der Waals surface area contributed by atoms with E-state index in [1.807, 2.05) is 42.5 Å². The second kappa shape index (κ2) is 7.25. The largest absolute Gasteiger partial charge is 0.398 e. The van der Waals surface area contributed by atoms with Gasteiger partial charge in [0.15, 0.2) is 0 Å². The summed E-state index contributed by atoms with van der Waals surface area (Å²) >= 11 is 0. The molecule has 0 radical (unpaired) electrons. The van der Waals surface area contributed by atoms with E-state index in [0.717, 1.165) is 33.8 Å². The van der Waals surface area contributed by atoms with Crippen LogP contribution in [0.3, 0.4) is 0 Å². The van der Waals surface area contributed by atoms with Crippen LogP contribution in [0.1, 0.15) is 31.9 Å². The maximum Gasteiger partial charge on any atom is 0.123 e. The van der Waals surface area contributed by atoms with Gasteiger partial charge >= 0.3 is 0 Å². The molecule has 3 aromatic carbocycles. The third-order valence-electron chi connectivity index (χ3n) is 5.85. The first-order valence-electron chi connectivity index (χ1n) is 9.79. The van der Waals surface area contributed by atoms with Crippen LogP contribution in [0, 0.1) is 5.82 Å². The summed E-state index contributed by atoms with van der Waals surface area (Å²) in [4.78, 5) is 2.21. The Morgan fingerprint density at radius 1 is 0.828 bits per heavy atom. The molecular formula is C26H25FN2. The van der Waals surface area contributed by atoms with Crippen LogP contribution in [-0.2, 0) is 5.41 Å². The maximum absolute atomic E-state index is 14.1. The molecule has 4 rings (SSSR count). The highest BCUT2D eigenvalue weighted by Gasteiger charge is 2.33. The zero-order valence-corrected chi connectivity index (χ0v) is 17.0. The van der Waals surface area contributed by atoms with Crippen molar-refractivity contribution in [3.63, 3.8) is 0 Å². The monoisotopic (exact) mass is 384 g/mol. The van der Waals surface area contributed by atoms with E-state index in [0.29, 0.717) is 5.70 Å². The highest BCUT2D eigenvalue weighted by atomic mass is 19.1. The van der Waals surface area contributed by atoms with Gasteiger partial charge in [-0.3, -0.25) is 0 Å². The van der Waals surface area contributed by atoms with Crippen molar-refractivity contribution in [2.75, 3.05) is 4.90 Å². The first kappa shape index (κ1) is 19.0. The lowest BCUT2D eigenvalue weighted by Gasteiger charge is -2.33. The number of allylic oxidation sites excluding steroid dienone is 2. The number of halogens is 1. The Labute approximate surface area is 171 Å². The van der Waals surface area contributed by atoms with E-state index >= 15 is 0 Å². The molecule has 146 valence electrons. The fourth-order valence-corrected chi connectivity index (χ4v) is 3.95. The standard InChI is InChI=1S/C26H25FN2/c1-18-25(17-24(28)22-15-14-19(27)16-23(22)26(18,2)3)29(20-10-6-4-7-11-20)21-12-8-5-9-13-21/h4-17H,28H2,1-3H3. The first-order chi connectivity index (χ1) is 13.9. The van der Waals surface area contributed by atoms with E-state index in [1.54, 1.807) is 12.1 Å². The van der Waals surface area contributed by atoms with E-state index in [1.165, 1.54) is 6.07 Å². The summed E-state index contributed by atoms with van der Waals surface area (Å²) in [7, 11) is 0. The van der Waals surface area contributed by atoms with Crippen molar-refractivity contribution in [2.45, 2.75) is 26.2 Å². The normalized spacial score (nSPS) is 15.4. The molecule has 0 aromatic heterocycles. The van der Waals surface area contributed by atoms with Gasteiger partial charge in [0.1, 0.15) is 5.82 Å². The van der Waals surface area contributed by atoms with Crippen LogP contribution in [0.2, 0.25) is 0 Å². The highest BCUT2D eigenvalue weighted by Crippen LogP contribution is 2.43. The lowest BCUT2D eigenvalue weighted by Crippen LogP contribution is -2.25. The zero-order valence-electron chi connectivity index (χ0n) is 17.0. The molecule has 0 aliphatic heterocycles. The molecule has 29 heavy (non-hydrogen) atoms. The van der Waals surface area contributed by atoms with Gasteiger partial charge in [0, 0.05) is 33.7 Å². The molecule has 0 amide bonds. The van der Waals surface area contributed by atoms with Gasteiger partial charge in [-0.1, -0.05) is 50.2 Å². The Kier molecular flexibility index (Phi) is 4.75. The van der Waals surface area contributed by atoms with E-state index < -0.39 is 5.41 Å². The Bertz CT molecular complexity index is 1060.